The molecule has 84 valence electrons. The number of methoxy groups -OCH3 is 1. The molecular weight excluding hydrogens is 206 g/mol. The predicted octanol–water partition coefficient (Wildman–Crippen LogP) is 1.29. The van der Waals surface area contributed by atoms with E-state index in [9.17, 15) is 9.59 Å². The van der Waals surface area contributed by atoms with Gasteiger partial charge >= 0.3 is 11.9 Å². The minimum Gasteiger partial charge on any atom is -0.462 e. The summed E-state index contributed by atoms with van der Waals surface area (Å²) in [5.41, 5.74) is 3.23. The second-order valence-electron chi connectivity index (χ2n) is 3.78. The van der Waals surface area contributed by atoms with Gasteiger partial charge in [-0.1, -0.05) is 6.07 Å². The van der Waals surface area contributed by atoms with E-state index in [1.165, 1.54) is 18.2 Å². The number of fused-ring (bicyclic) bond motifs is 1. The number of anilines is 1. The summed E-state index contributed by atoms with van der Waals surface area (Å²) in [5, 5.41) is 2.51. The first-order chi connectivity index (χ1) is 7.70. The van der Waals surface area contributed by atoms with E-state index >= 15 is 0 Å². The van der Waals surface area contributed by atoms with Crippen LogP contribution in [-0.4, -0.2) is 19.0 Å². The Bertz CT molecular complexity index is 440. The molecule has 0 aromatic heterocycles. The van der Waals surface area contributed by atoms with Crippen molar-refractivity contribution in [2.24, 2.45) is 0 Å². The van der Waals surface area contributed by atoms with Crippen molar-refractivity contribution in [3.63, 3.8) is 0 Å². The van der Waals surface area contributed by atoms with Gasteiger partial charge in [-0.05, 0) is 42.5 Å². The zero-order valence-corrected chi connectivity index (χ0v) is 9.08. The first-order valence-electron chi connectivity index (χ1n) is 5.22. The van der Waals surface area contributed by atoms with Crippen molar-refractivity contribution in [2.45, 2.75) is 19.3 Å². The highest BCUT2D eigenvalue weighted by molar-refractivity contribution is 6.37. The van der Waals surface area contributed by atoms with Gasteiger partial charge < -0.3 is 10.1 Å². The first-order valence-corrected chi connectivity index (χ1v) is 5.22. The number of amides is 1. The Kier molecular flexibility index (Phi) is 2.90. The van der Waals surface area contributed by atoms with Crippen LogP contribution in [0.15, 0.2) is 18.2 Å². The average molecular weight is 219 g/mol. The quantitative estimate of drug-likeness (QED) is 0.572. The van der Waals surface area contributed by atoms with Crippen molar-refractivity contribution in [1.82, 2.24) is 0 Å². The summed E-state index contributed by atoms with van der Waals surface area (Å²) in [4.78, 5) is 22.2. The van der Waals surface area contributed by atoms with E-state index in [1.54, 1.807) is 0 Å². The molecule has 2 rings (SSSR count). The third-order valence-electron chi connectivity index (χ3n) is 2.73. The number of rotatable bonds is 1. The van der Waals surface area contributed by atoms with Crippen LogP contribution >= 0.6 is 0 Å². The van der Waals surface area contributed by atoms with E-state index in [0.717, 1.165) is 19.3 Å². The van der Waals surface area contributed by atoms with E-state index in [-0.39, 0.29) is 0 Å². The van der Waals surface area contributed by atoms with Crippen LogP contribution in [0.4, 0.5) is 5.69 Å². The number of benzene rings is 1. The molecule has 1 aromatic carbocycles. The summed E-state index contributed by atoms with van der Waals surface area (Å²) < 4.78 is 4.33. The minimum absolute atomic E-state index is 0.649. The van der Waals surface area contributed by atoms with Crippen LogP contribution in [0, 0.1) is 0 Å². The molecule has 1 aliphatic rings. The minimum atomic E-state index is -0.875. The topological polar surface area (TPSA) is 55.4 Å². The monoisotopic (exact) mass is 219 g/mol. The van der Waals surface area contributed by atoms with Crippen LogP contribution in [0.3, 0.4) is 0 Å². The van der Waals surface area contributed by atoms with E-state index < -0.39 is 11.9 Å². The van der Waals surface area contributed by atoms with E-state index in [0.29, 0.717) is 5.69 Å². The van der Waals surface area contributed by atoms with E-state index in [4.69, 9.17) is 0 Å². The highest BCUT2D eigenvalue weighted by atomic mass is 16.5. The molecular formula is C12H13NO3. The van der Waals surface area contributed by atoms with Gasteiger partial charge in [0.05, 0.1) is 7.11 Å². The van der Waals surface area contributed by atoms with Gasteiger partial charge in [0.2, 0.25) is 0 Å². The fraction of sp³-hybridized carbons (Fsp3) is 0.333. The van der Waals surface area contributed by atoms with Crippen LogP contribution in [-0.2, 0) is 27.2 Å². The smallest absolute Gasteiger partial charge is 0.396 e. The van der Waals surface area contributed by atoms with E-state index in [1.807, 2.05) is 18.2 Å². The molecule has 1 aliphatic carbocycles. The Morgan fingerprint density at radius 3 is 2.75 bits per heavy atom. The molecule has 16 heavy (non-hydrogen) atoms. The molecule has 0 aliphatic heterocycles. The third kappa shape index (κ3) is 2.05. The number of carbonyl (C=O) groups excluding carboxylic acids is 2. The van der Waals surface area contributed by atoms with Gasteiger partial charge in [-0.25, -0.2) is 4.79 Å². The molecule has 0 spiro atoms. The molecule has 1 N–H and O–H groups in total. The Labute approximate surface area is 93.6 Å². The van der Waals surface area contributed by atoms with Crippen LogP contribution < -0.4 is 5.32 Å². The van der Waals surface area contributed by atoms with Gasteiger partial charge in [-0.2, -0.15) is 0 Å². The van der Waals surface area contributed by atoms with Gasteiger partial charge in [-0.15, -0.1) is 0 Å². The molecule has 4 heteroatoms. The Balaban J connectivity index is 2.11. The number of hydrogen-bond donors (Lipinski definition) is 1. The van der Waals surface area contributed by atoms with Crippen molar-refractivity contribution >= 4 is 17.6 Å². The SMILES string of the molecule is COC(=O)C(=O)Nc1ccc2c(c1)CCC2. The summed E-state index contributed by atoms with van der Waals surface area (Å²) in [6, 6.07) is 5.73. The second kappa shape index (κ2) is 4.35. The van der Waals surface area contributed by atoms with Gasteiger partial charge in [0.1, 0.15) is 0 Å². The lowest BCUT2D eigenvalue weighted by atomic mass is 10.1. The summed E-state index contributed by atoms with van der Waals surface area (Å²) in [6.07, 6.45) is 3.29. The van der Waals surface area contributed by atoms with Crippen molar-refractivity contribution in [3.05, 3.63) is 29.3 Å². The molecule has 0 saturated heterocycles. The standard InChI is InChI=1S/C12H13NO3/c1-16-12(15)11(14)13-10-6-5-8-3-2-4-9(8)7-10/h5-7H,2-4H2,1H3,(H,13,14). The number of carbonyl (C=O) groups is 2. The Morgan fingerprint density at radius 2 is 2.00 bits per heavy atom. The zero-order valence-electron chi connectivity index (χ0n) is 9.08. The number of aryl methyl sites for hydroxylation is 2. The molecule has 0 unspecified atom stereocenters. The fourth-order valence-corrected chi connectivity index (χ4v) is 1.92. The van der Waals surface area contributed by atoms with Crippen LogP contribution in [0.2, 0.25) is 0 Å². The fourth-order valence-electron chi connectivity index (χ4n) is 1.92. The normalized spacial score (nSPS) is 13.1. The number of esters is 1. The average Bonchev–Trinajstić information content (AvgIpc) is 2.75. The largest absolute Gasteiger partial charge is 0.462 e. The molecule has 0 radical (unpaired) electrons. The second-order valence-corrected chi connectivity index (χ2v) is 3.78. The summed E-state index contributed by atoms with van der Waals surface area (Å²) in [6.45, 7) is 0. The molecule has 0 saturated carbocycles. The van der Waals surface area contributed by atoms with Crippen LogP contribution in [0.5, 0.6) is 0 Å². The summed E-state index contributed by atoms with van der Waals surface area (Å²) >= 11 is 0. The van der Waals surface area contributed by atoms with Crippen LogP contribution in [0.25, 0.3) is 0 Å². The van der Waals surface area contributed by atoms with Crippen molar-refractivity contribution in [3.8, 4) is 0 Å². The molecule has 0 fully saturated rings. The maximum absolute atomic E-state index is 11.3. The predicted molar refractivity (Wildman–Crippen MR) is 59.1 cm³/mol. The maximum atomic E-state index is 11.3. The number of ether oxygens (including phenoxy) is 1. The molecule has 1 amide bonds. The highest BCUT2D eigenvalue weighted by Gasteiger charge is 2.15. The summed E-state index contributed by atoms with van der Waals surface area (Å²) in [5.74, 6) is -1.61. The maximum Gasteiger partial charge on any atom is 0.396 e. The lowest BCUT2D eigenvalue weighted by Crippen LogP contribution is -2.23. The highest BCUT2D eigenvalue weighted by Crippen LogP contribution is 2.24. The third-order valence-corrected chi connectivity index (χ3v) is 2.73. The molecule has 0 bridgehead atoms. The van der Waals surface area contributed by atoms with Crippen molar-refractivity contribution in [1.29, 1.82) is 0 Å². The number of hydrogen-bond acceptors (Lipinski definition) is 3. The van der Waals surface area contributed by atoms with E-state index in [2.05, 4.69) is 10.1 Å². The molecule has 0 heterocycles. The van der Waals surface area contributed by atoms with Gasteiger partial charge in [0, 0.05) is 5.69 Å². The molecule has 0 atom stereocenters. The molecule has 1 aromatic rings. The van der Waals surface area contributed by atoms with Crippen LogP contribution in [0.1, 0.15) is 17.5 Å². The van der Waals surface area contributed by atoms with Gasteiger partial charge in [0.25, 0.3) is 0 Å². The van der Waals surface area contributed by atoms with Crippen molar-refractivity contribution in [2.75, 3.05) is 12.4 Å². The molecule has 4 nitrogen and oxygen atoms in total. The zero-order chi connectivity index (χ0) is 11.5. The first kappa shape index (κ1) is 10.7. The van der Waals surface area contributed by atoms with Gasteiger partial charge in [0.15, 0.2) is 0 Å². The number of nitrogens with one attached hydrogen (secondary N) is 1. The Hall–Kier alpha value is -1.84. The van der Waals surface area contributed by atoms with Crippen molar-refractivity contribution < 1.29 is 14.3 Å². The van der Waals surface area contributed by atoms with Gasteiger partial charge in [-0.3, -0.25) is 4.79 Å². The lowest BCUT2D eigenvalue weighted by molar-refractivity contribution is -0.150. The Morgan fingerprint density at radius 1 is 1.25 bits per heavy atom. The lowest BCUT2D eigenvalue weighted by Gasteiger charge is -2.05. The summed E-state index contributed by atoms with van der Waals surface area (Å²) in [7, 11) is 1.19.